The molecule has 23 heavy (non-hydrogen) atoms. The number of aliphatic hydroxyl groups is 1. The van der Waals surface area contributed by atoms with E-state index in [1.807, 2.05) is 45.0 Å². The molecule has 1 aliphatic carbocycles. The Balaban J connectivity index is 1.88. The van der Waals surface area contributed by atoms with Crippen LogP contribution in [-0.2, 0) is 4.74 Å². The van der Waals surface area contributed by atoms with Crippen LogP contribution in [0.5, 0.6) is 0 Å². The molecule has 2 rings (SSSR count). The summed E-state index contributed by atoms with van der Waals surface area (Å²) in [6.45, 7) is 7.34. The summed E-state index contributed by atoms with van der Waals surface area (Å²) in [5, 5.41) is 16.3. The van der Waals surface area contributed by atoms with Gasteiger partial charge < -0.3 is 20.5 Å². The first-order valence-electron chi connectivity index (χ1n) is 8.27. The van der Waals surface area contributed by atoms with E-state index >= 15 is 0 Å². The Morgan fingerprint density at radius 1 is 1.26 bits per heavy atom. The molecule has 1 aromatic carbocycles. The van der Waals surface area contributed by atoms with Gasteiger partial charge in [-0.1, -0.05) is 18.2 Å². The minimum atomic E-state index is -0.504. The van der Waals surface area contributed by atoms with Crippen LogP contribution in [0.1, 0.15) is 58.6 Å². The van der Waals surface area contributed by atoms with E-state index in [9.17, 15) is 9.90 Å². The van der Waals surface area contributed by atoms with E-state index in [0.29, 0.717) is 0 Å². The Labute approximate surface area is 138 Å². The molecule has 0 radical (unpaired) electrons. The van der Waals surface area contributed by atoms with E-state index in [1.54, 1.807) is 6.92 Å². The minimum Gasteiger partial charge on any atom is -0.444 e. The van der Waals surface area contributed by atoms with Gasteiger partial charge in [0.25, 0.3) is 0 Å². The maximum atomic E-state index is 11.8. The van der Waals surface area contributed by atoms with Crippen molar-refractivity contribution in [2.75, 3.05) is 5.32 Å². The van der Waals surface area contributed by atoms with Gasteiger partial charge in [0.2, 0.25) is 0 Å². The van der Waals surface area contributed by atoms with Crippen LogP contribution in [0.15, 0.2) is 24.3 Å². The summed E-state index contributed by atoms with van der Waals surface area (Å²) >= 11 is 0. The summed E-state index contributed by atoms with van der Waals surface area (Å²) < 4.78 is 5.30. The quantitative estimate of drug-likeness (QED) is 0.793. The van der Waals surface area contributed by atoms with E-state index in [-0.39, 0.29) is 18.2 Å². The van der Waals surface area contributed by atoms with Gasteiger partial charge in [-0.15, -0.1) is 0 Å². The van der Waals surface area contributed by atoms with Crippen LogP contribution in [0.3, 0.4) is 0 Å². The molecule has 5 heteroatoms. The van der Waals surface area contributed by atoms with Crippen molar-refractivity contribution in [3.63, 3.8) is 0 Å². The van der Waals surface area contributed by atoms with Crippen molar-refractivity contribution < 1.29 is 14.6 Å². The lowest BCUT2D eigenvalue weighted by Gasteiger charge is -2.22. The molecule has 3 N–H and O–H groups in total. The first-order chi connectivity index (χ1) is 10.7. The Kier molecular flexibility index (Phi) is 5.52. The van der Waals surface area contributed by atoms with E-state index in [4.69, 9.17) is 4.74 Å². The highest BCUT2D eigenvalue weighted by molar-refractivity contribution is 5.68. The number of anilines is 1. The van der Waals surface area contributed by atoms with Gasteiger partial charge in [-0.2, -0.15) is 0 Å². The van der Waals surface area contributed by atoms with Crippen LogP contribution in [0.4, 0.5) is 10.5 Å². The number of carbonyl (C=O) groups excluding carboxylic acids is 1. The number of benzene rings is 1. The highest BCUT2D eigenvalue weighted by Gasteiger charge is 2.28. The number of rotatable bonds is 4. The third-order valence-electron chi connectivity index (χ3n) is 3.92. The number of nitrogens with one attached hydrogen (secondary N) is 2. The molecule has 5 nitrogen and oxygen atoms in total. The molecule has 1 aromatic rings. The fourth-order valence-electron chi connectivity index (χ4n) is 2.93. The van der Waals surface area contributed by atoms with Crippen molar-refractivity contribution in [2.24, 2.45) is 0 Å². The number of aliphatic hydroxyl groups excluding tert-OH is 1. The van der Waals surface area contributed by atoms with E-state index in [0.717, 1.165) is 30.5 Å². The predicted octanol–water partition coefficient (Wildman–Crippen LogP) is 3.60. The number of alkyl carbamates (subject to hydrolysis) is 1. The Hall–Kier alpha value is -1.75. The molecule has 0 aromatic heterocycles. The normalized spacial score (nSPS) is 22.5. The molecule has 1 aliphatic rings. The third-order valence-corrected chi connectivity index (χ3v) is 3.92. The number of amides is 1. The zero-order chi connectivity index (χ0) is 17.0. The van der Waals surface area contributed by atoms with Gasteiger partial charge >= 0.3 is 6.09 Å². The van der Waals surface area contributed by atoms with Gasteiger partial charge in [-0.05, 0) is 53.0 Å². The van der Waals surface area contributed by atoms with Crippen LogP contribution in [-0.4, -0.2) is 28.9 Å². The molecule has 128 valence electrons. The maximum absolute atomic E-state index is 11.8. The molecule has 0 bridgehead atoms. The van der Waals surface area contributed by atoms with Crippen LogP contribution < -0.4 is 10.6 Å². The van der Waals surface area contributed by atoms with Gasteiger partial charge in [-0.25, -0.2) is 4.79 Å². The zero-order valence-corrected chi connectivity index (χ0v) is 14.4. The summed E-state index contributed by atoms with van der Waals surface area (Å²) in [5.41, 5.74) is 1.39. The molecule has 1 fully saturated rings. The average molecular weight is 320 g/mol. The number of hydrogen-bond acceptors (Lipinski definition) is 4. The molecular formula is C18H28N2O3. The van der Waals surface area contributed by atoms with Crippen molar-refractivity contribution in [1.29, 1.82) is 0 Å². The molecule has 3 unspecified atom stereocenters. The second kappa shape index (κ2) is 7.21. The summed E-state index contributed by atoms with van der Waals surface area (Å²) in [4.78, 5) is 11.8. The first-order valence-corrected chi connectivity index (χ1v) is 8.27. The van der Waals surface area contributed by atoms with Crippen LogP contribution in [0, 0.1) is 0 Å². The van der Waals surface area contributed by atoms with Crippen molar-refractivity contribution in [3.8, 4) is 0 Å². The lowest BCUT2D eigenvalue weighted by molar-refractivity contribution is 0.0505. The van der Waals surface area contributed by atoms with Gasteiger partial charge in [0.05, 0.1) is 6.10 Å². The van der Waals surface area contributed by atoms with E-state index in [1.165, 1.54) is 0 Å². The van der Waals surface area contributed by atoms with Crippen LogP contribution in [0.2, 0.25) is 0 Å². The lowest BCUT2D eigenvalue weighted by Crippen LogP contribution is -2.38. The summed E-state index contributed by atoms with van der Waals surface area (Å²) in [6, 6.07) is 8.21. The number of carbonyl (C=O) groups is 1. The maximum Gasteiger partial charge on any atom is 0.407 e. The smallest absolute Gasteiger partial charge is 0.407 e. The lowest BCUT2D eigenvalue weighted by atomic mass is 10.1. The molecule has 1 amide bonds. The predicted molar refractivity (Wildman–Crippen MR) is 91.5 cm³/mol. The second-order valence-corrected chi connectivity index (χ2v) is 7.26. The molecule has 0 heterocycles. The number of hydrogen-bond donors (Lipinski definition) is 3. The van der Waals surface area contributed by atoms with Crippen molar-refractivity contribution in [2.45, 2.75) is 70.7 Å². The second-order valence-electron chi connectivity index (χ2n) is 7.26. The summed E-state index contributed by atoms with van der Waals surface area (Å²) in [7, 11) is 0. The molecular weight excluding hydrogens is 292 g/mol. The first kappa shape index (κ1) is 17.6. The standard InChI is InChI=1S/C18H28N2O3/c1-12(21)15-7-5-6-8-16(15)19-13-9-10-14(11-13)20-17(22)23-18(2,3)4/h5-8,12-14,19,21H,9-11H2,1-4H3,(H,20,22). The third kappa shape index (κ3) is 5.43. The molecule has 1 saturated carbocycles. The Morgan fingerprint density at radius 3 is 2.57 bits per heavy atom. The largest absolute Gasteiger partial charge is 0.444 e. The average Bonchev–Trinajstić information content (AvgIpc) is 2.84. The van der Waals surface area contributed by atoms with Gasteiger partial charge in [0.15, 0.2) is 0 Å². The van der Waals surface area contributed by atoms with Crippen molar-refractivity contribution in [1.82, 2.24) is 5.32 Å². The Bertz CT molecular complexity index is 537. The van der Waals surface area contributed by atoms with Crippen LogP contribution >= 0.6 is 0 Å². The van der Waals surface area contributed by atoms with Gasteiger partial charge in [-0.3, -0.25) is 0 Å². The van der Waals surface area contributed by atoms with Gasteiger partial charge in [0, 0.05) is 23.3 Å². The topological polar surface area (TPSA) is 70.6 Å². The zero-order valence-electron chi connectivity index (χ0n) is 14.4. The highest BCUT2D eigenvalue weighted by atomic mass is 16.6. The SMILES string of the molecule is CC(O)c1ccccc1NC1CCC(NC(=O)OC(C)(C)C)C1. The number of para-hydroxylation sites is 1. The Morgan fingerprint density at radius 2 is 1.91 bits per heavy atom. The van der Waals surface area contributed by atoms with Crippen molar-refractivity contribution in [3.05, 3.63) is 29.8 Å². The van der Waals surface area contributed by atoms with E-state index in [2.05, 4.69) is 10.6 Å². The minimum absolute atomic E-state index is 0.126. The molecule has 0 spiro atoms. The van der Waals surface area contributed by atoms with Crippen molar-refractivity contribution >= 4 is 11.8 Å². The van der Waals surface area contributed by atoms with E-state index < -0.39 is 11.7 Å². The molecule has 0 aliphatic heterocycles. The molecule has 3 atom stereocenters. The van der Waals surface area contributed by atoms with Gasteiger partial charge in [0.1, 0.15) is 5.60 Å². The number of ether oxygens (including phenoxy) is 1. The fraction of sp³-hybridized carbons (Fsp3) is 0.611. The summed E-state index contributed by atoms with van der Waals surface area (Å²) in [5.74, 6) is 0. The summed E-state index contributed by atoms with van der Waals surface area (Å²) in [6.07, 6.45) is 1.90. The highest BCUT2D eigenvalue weighted by Crippen LogP contribution is 2.28. The fourth-order valence-corrected chi connectivity index (χ4v) is 2.93. The van der Waals surface area contributed by atoms with Crippen LogP contribution in [0.25, 0.3) is 0 Å². The molecule has 0 saturated heterocycles. The monoisotopic (exact) mass is 320 g/mol.